The summed E-state index contributed by atoms with van der Waals surface area (Å²) in [6, 6.07) is 19.9. The maximum Gasteiger partial charge on any atom is 0.334 e. The average Bonchev–Trinajstić information content (AvgIpc) is 2.70. The zero-order valence-electron chi connectivity index (χ0n) is 14.7. The number of allylic oxidation sites excluding steroid dienone is 4. The van der Waals surface area contributed by atoms with Crippen molar-refractivity contribution >= 4 is 24.5 Å². The van der Waals surface area contributed by atoms with Gasteiger partial charge in [-0.15, -0.1) is 0 Å². The van der Waals surface area contributed by atoms with Crippen LogP contribution < -0.4 is 10.6 Å². The first-order valence-electron chi connectivity index (χ1n) is 8.34. The van der Waals surface area contributed by atoms with Gasteiger partial charge in [-0.25, -0.2) is 4.79 Å². The third kappa shape index (κ3) is 4.39. The molecule has 3 rings (SSSR count). The van der Waals surface area contributed by atoms with Crippen molar-refractivity contribution in [3.05, 3.63) is 106 Å². The number of hydrogen-bond donors (Lipinski definition) is 0. The number of hydrogen-bond acceptors (Lipinski definition) is 4. The largest absolute Gasteiger partial charge is 0.466 e. The van der Waals surface area contributed by atoms with Crippen LogP contribution in [-0.4, -0.2) is 18.0 Å². The van der Waals surface area contributed by atoms with E-state index < -0.39 is 18.8 Å². The molecule has 0 fully saturated rings. The predicted octanol–water partition coefficient (Wildman–Crippen LogP) is 3.67. The first kappa shape index (κ1) is 18.7. The topological polar surface area (TPSA) is 69.4 Å². The molecule has 0 aromatic heterocycles. The lowest BCUT2D eigenvalue weighted by Gasteiger charge is -2.25. The molecule has 1 aliphatic rings. The summed E-state index contributed by atoms with van der Waals surface area (Å²) in [6.07, 6.45) is 4.71. The number of nitrogens with zero attached hydrogens (tertiary/aromatic N) is 1. The van der Waals surface area contributed by atoms with Crippen molar-refractivity contribution in [3.8, 4) is 0 Å². The summed E-state index contributed by atoms with van der Waals surface area (Å²) >= 11 is 0. The summed E-state index contributed by atoms with van der Waals surface area (Å²) in [7, 11) is 0.316. The number of carbonyl (C=O) groups excluding carboxylic acids is 1. The summed E-state index contributed by atoms with van der Waals surface area (Å²) < 4.78 is 4.78. The summed E-state index contributed by atoms with van der Waals surface area (Å²) in [6.45, 7) is 0. The first-order chi connectivity index (χ1) is 13.1. The van der Waals surface area contributed by atoms with Crippen LogP contribution in [0.25, 0.3) is 0 Å². The Labute approximate surface area is 158 Å². The van der Waals surface area contributed by atoms with Crippen molar-refractivity contribution in [1.82, 2.24) is 0 Å². The minimum Gasteiger partial charge on any atom is -0.466 e. The molecule has 0 saturated heterocycles. The van der Waals surface area contributed by atoms with Gasteiger partial charge in [0.25, 0.3) is 0 Å². The third-order valence-electron chi connectivity index (χ3n) is 4.13. The van der Waals surface area contributed by atoms with E-state index in [2.05, 4.69) is 0 Å². The van der Waals surface area contributed by atoms with Gasteiger partial charge in [0.05, 0.1) is 12.0 Å². The van der Waals surface area contributed by atoms with E-state index in [0.29, 0.717) is 11.1 Å². The lowest BCUT2D eigenvalue weighted by molar-refractivity contribution is -0.403. The quantitative estimate of drug-likeness (QED) is 0.344. The van der Waals surface area contributed by atoms with Crippen molar-refractivity contribution in [2.75, 3.05) is 7.11 Å². The molecule has 0 heterocycles. The number of carbonyl (C=O) groups is 1. The van der Waals surface area contributed by atoms with E-state index in [1.54, 1.807) is 6.08 Å². The van der Waals surface area contributed by atoms with Crippen LogP contribution in [-0.2, 0) is 9.53 Å². The molecular formula is C21H18NO4P. The van der Waals surface area contributed by atoms with Gasteiger partial charge in [-0.05, 0) is 23.8 Å². The van der Waals surface area contributed by atoms with Gasteiger partial charge in [-0.1, -0.05) is 72.8 Å². The van der Waals surface area contributed by atoms with Crippen LogP contribution in [0.3, 0.4) is 0 Å². The Morgan fingerprint density at radius 1 is 1.04 bits per heavy atom. The Morgan fingerprint density at radius 2 is 1.59 bits per heavy atom. The standard InChI is InChI=1S/C21H18NO4P/c1-26-21(23)16-12-13-20(17(14-16)15-22(24)25)27(18-8-4-2-5-9-18)19-10-6-3-7-11-19/h2-13,15H,14H2,1H3. The summed E-state index contributed by atoms with van der Waals surface area (Å²) in [5.74, 6) is -0.469. The molecule has 0 bridgehead atoms. The van der Waals surface area contributed by atoms with Crippen LogP contribution >= 0.6 is 7.92 Å². The highest BCUT2D eigenvalue weighted by atomic mass is 31.1. The molecule has 0 unspecified atom stereocenters. The molecule has 0 aliphatic heterocycles. The summed E-state index contributed by atoms with van der Waals surface area (Å²) in [4.78, 5) is 22.7. The minimum atomic E-state index is -0.990. The van der Waals surface area contributed by atoms with Gasteiger partial charge in [0.2, 0.25) is 6.20 Å². The first-order valence-corrected chi connectivity index (χ1v) is 9.68. The van der Waals surface area contributed by atoms with Crippen LogP contribution in [0.15, 0.2) is 95.5 Å². The molecule has 2 aromatic rings. The molecule has 0 spiro atoms. The van der Waals surface area contributed by atoms with E-state index in [4.69, 9.17) is 4.74 Å². The van der Waals surface area contributed by atoms with Crippen molar-refractivity contribution in [1.29, 1.82) is 0 Å². The van der Waals surface area contributed by atoms with Gasteiger partial charge in [0, 0.05) is 17.6 Å². The fraction of sp³-hybridized carbons (Fsp3) is 0.0952. The van der Waals surface area contributed by atoms with Crippen LogP contribution in [0.2, 0.25) is 0 Å². The fourth-order valence-electron chi connectivity index (χ4n) is 2.95. The van der Waals surface area contributed by atoms with Crippen LogP contribution in [0.4, 0.5) is 0 Å². The lowest BCUT2D eigenvalue weighted by Crippen LogP contribution is -2.17. The highest BCUT2D eigenvalue weighted by molar-refractivity contribution is 7.77. The number of rotatable bonds is 5. The molecule has 1 aliphatic carbocycles. The van der Waals surface area contributed by atoms with Gasteiger partial charge < -0.3 is 4.74 Å². The van der Waals surface area contributed by atoms with Crippen molar-refractivity contribution in [3.63, 3.8) is 0 Å². The molecule has 0 amide bonds. The van der Waals surface area contributed by atoms with E-state index in [1.807, 2.05) is 66.7 Å². The Balaban J connectivity index is 2.16. The summed E-state index contributed by atoms with van der Waals surface area (Å²) in [5, 5.41) is 14.3. The molecule has 5 nitrogen and oxygen atoms in total. The number of ether oxygens (including phenoxy) is 1. The van der Waals surface area contributed by atoms with Gasteiger partial charge in [-0.3, -0.25) is 10.1 Å². The highest BCUT2D eigenvalue weighted by Crippen LogP contribution is 2.49. The van der Waals surface area contributed by atoms with Crippen LogP contribution in [0.1, 0.15) is 6.42 Å². The Kier molecular flexibility index (Phi) is 5.94. The molecule has 136 valence electrons. The number of benzene rings is 2. The molecule has 2 aromatic carbocycles. The van der Waals surface area contributed by atoms with E-state index in [-0.39, 0.29) is 6.42 Å². The zero-order chi connectivity index (χ0) is 19.2. The van der Waals surface area contributed by atoms with E-state index in [9.17, 15) is 14.9 Å². The predicted molar refractivity (Wildman–Crippen MR) is 107 cm³/mol. The van der Waals surface area contributed by atoms with Crippen molar-refractivity contribution in [2.24, 2.45) is 0 Å². The smallest absolute Gasteiger partial charge is 0.334 e. The van der Waals surface area contributed by atoms with Gasteiger partial charge in [-0.2, -0.15) is 0 Å². The molecule has 27 heavy (non-hydrogen) atoms. The molecule has 0 atom stereocenters. The minimum absolute atomic E-state index is 0.179. The SMILES string of the molecule is COC(=O)C1=CC=C(P(c2ccccc2)c2ccccc2)C(=C[N+](=O)[O-])C1. The highest BCUT2D eigenvalue weighted by Gasteiger charge is 2.27. The third-order valence-corrected chi connectivity index (χ3v) is 6.68. The molecule has 6 heteroatoms. The second-order valence-corrected chi connectivity index (χ2v) is 8.04. The Morgan fingerprint density at radius 3 is 2.07 bits per heavy atom. The zero-order valence-corrected chi connectivity index (χ0v) is 15.6. The normalized spacial score (nSPS) is 15.3. The molecule has 0 N–H and O–H groups in total. The number of esters is 1. The van der Waals surface area contributed by atoms with Crippen molar-refractivity contribution < 1.29 is 14.5 Å². The monoisotopic (exact) mass is 379 g/mol. The van der Waals surface area contributed by atoms with E-state index in [1.165, 1.54) is 7.11 Å². The molecule has 0 radical (unpaired) electrons. The fourth-order valence-corrected chi connectivity index (χ4v) is 5.39. The number of nitro groups is 1. The van der Waals surface area contributed by atoms with Gasteiger partial charge in [0.15, 0.2) is 0 Å². The average molecular weight is 379 g/mol. The summed E-state index contributed by atoms with van der Waals surface area (Å²) in [5.41, 5.74) is 0.937. The van der Waals surface area contributed by atoms with E-state index in [0.717, 1.165) is 22.1 Å². The van der Waals surface area contributed by atoms with Crippen LogP contribution in [0.5, 0.6) is 0 Å². The van der Waals surface area contributed by atoms with Gasteiger partial charge >= 0.3 is 5.97 Å². The van der Waals surface area contributed by atoms with Gasteiger partial charge in [0.1, 0.15) is 0 Å². The maximum atomic E-state index is 11.9. The maximum absolute atomic E-state index is 11.9. The second-order valence-electron chi connectivity index (χ2n) is 5.86. The Hall–Kier alpha value is -3.04. The Bertz CT molecular complexity index is 894. The number of methoxy groups -OCH3 is 1. The second kappa shape index (κ2) is 8.56. The lowest BCUT2D eigenvalue weighted by atomic mass is 10.0. The van der Waals surface area contributed by atoms with E-state index >= 15 is 0 Å². The molecule has 0 saturated carbocycles. The molecular weight excluding hydrogens is 361 g/mol. The van der Waals surface area contributed by atoms with Crippen LogP contribution in [0, 0.1) is 10.1 Å². The van der Waals surface area contributed by atoms with Crippen molar-refractivity contribution in [2.45, 2.75) is 6.42 Å².